The molecule has 2 saturated heterocycles. The molecule has 0 saturated carbocycles. The van der Waals surface area contributed by atoms with E-state index in [1.165, 1.54) is 0 Å². The van der Waals surface area contributed by atoms with Crippen molar-refractivity contribution in [2.75, 3.05) is 6.61 Å². The molecule has 2 rings (SSSR count). The first kappa shape index (κ1) is 9.93. The maximum absolute atomic E-state index is 11.1. The molecule has 0 aliphatic carbocycles. The van der Waals surface area contributed by atoms with E-state index in [4.69, 9.17) is 14.2 Å². The molecule has 0 radical (unpaired) electrons. The van der Waals surface area contributed by atoms with Crippen LogP contribution in [0, 0.1) is 5.92 Å². The fourth-order valence-electron chi connectivity index (χ4n) is 2.01. The molecule has 2 aliphatic rings. The Bertz CT molecular complexity index is 249. The Kier molecular flexibility index (Phi) is 2.27. The van der Waals surface area contributed by atoms with Gasteiger partial charge in [-0.15, -0.1) is 0 Å². The third-order valence-corrected chi connectivity index (χ3v) is 2.71. The summed E-state index contributed by atoms with van der Waals surface area (Å²) in [5.74, 6) is -0.444. The van der Waals surface area contributed by atoms with Crippen molar-refractivity contribution >= 4 is 5.97 Å². The lowest BCUT2D eigenvalue weighted by Crippen LogP contribution is -2.33. The number of ether oxygens (including phenoxy) is 3. The number of hydrogen-bond acceptors (Lipinski definition) is 4. The highest BCUT2D eigenvalue weighted by atomic mass is 16.8. The minimum absolute atomic E-state index is 0.105. The molecular formula is C10H16O4. The van der Waals surface area contributed by atoms with Crippen LogP contribution in [0.5, 0.6) is 0 Å². The summed E-state index contributed by atoms with van der Waals surface area (Å²) in [5.41, 5.74) is 0. The largest absolute Gasteiger partial charge is 0.459 e. The van der Waals surface area contributed by atoms with Gasteiger partial charge in [-0.05, 0) is 13.8 Å². The van der Waals surface area contributed by atoms with Crippen molar-refractivity contribution in [1.82, 2.24) is 0 Å². The monoisotopic (exact) mass is 200 g/mol. The molecule has 0 aromatic heterocycles. The maximum Gasteiger partial charge on any atom is 0.306 e. The zero-order valence-corrected chi connectivity index (χ0v) is 8.78. The summed E-state index contributed by atoms with van der Waals surface area (Å²) >= 11 is 0. The predicted octanol–water partition coefficient (Wildman–Crippen LogP) is 1.09. The minimum Gasteiger partial charge on any atom is -0.459 e. The second-order valence-electron chi connectivity index (χ2n) is 4.50. The maximum atomic E-state index is 11.1. The van der Waals surface area contributed by atoms with E-state index in [2.05, 4.69) is 0 Å². The van der Waals surface area contributed by atoms with Crippen LogP contribution in [0.1, 0.15) is 27.2 Å². The van der Waals surface area contributed by atoms with Crippen molar-refractivity contribution < 1.29 is 19.0 Å². The lowest BCUT2D eigenvalue weighted by atomic mass is 10.00. The average Bonchev–Trinajstić information content (AvgIpc) is 2.55. The molecule has 0 spiro atoms. The van der Waals surface area contributed by atoms with Crippen LogP contribution in [0.3, 0.4) is 0 Å². The molecule has 3 atom stereocenters. The van der Waals surface area contributed by atoms with Gasteiger partial charge in [0.05, 0.1) is 13.0 Å². The number of cyclic esters (lactones) is 1. The first-order valence-corrected chi connectivity index (χ1v) is 4.99. The van der Waals surface area contributed by atoms with E-state index in [0.29, 0.717) is 13.0 Å². The first-order valence-electron chi connectivity index (χ1n) is 4.99. The molecule has 80 valence electrons. The van der Waals surface area contributed by atoms with Gasteiger partial charge in [0.15, 0.2) is 5.79 Å². The van der Waals surface area contributed by atoms with E-state index in [1.54, 1.807) is 0 Å². The third-order valence-electron chi connectivity index (χ3n) is 2.71. The Hall–Kier alpha value is -0.610. The molecule has 2 heterocycles. The summed E-state index contributed by atoms with van der Waals surface area (Å²) in [5, 5.41) is 0. The van der Waals surface area contributed by atoms with Crippen molar-refractivity contribution in [3.8, 4) is 0 Å². The fourth-order valence-corrected chi connectivity index (χ4v) is 2.01. The zero-order chi connectivity index (χ0) is 10.3. The van der Waals surface area contributed by atoms with E-state index in [-0.39, 0.29) is 24.1 Å². The number of carbonyl (C=O) groups is 1. The van der Waals surface area contributed by atoms with Gasteiger partial charge in [0.25, 0.3) is 0 Å². The SMILES string of the molecule is C[C@H]1CC(=O)O[C@@H]1[C@@H]1COC(C)(C)O1. The molecule has 0 aromatic carbocycles. The normalized spacial score (nSPS) is 41.4. The van der Waals surface area contributed by atoms with E-state index < -0.39 is 5.79 Å². The van der Waals surface area contributed by atoms with E-state index >= 15 is 0 Å². The highest BCUT2D eigenvalue weighted by molar-refractivity contribution is 5.72. The number of hydrogen-bond donors (Lipinski definition) is 0. The molecule has 4 nitrogen and oxygen atoms in total. The molecule has 2 fully saturated rings. The van der Waals surface area contributed by atoms with E-state index in [0.717, 1.165) is 0 Å². The second kappa shape index (κ2) is 3.21. The number of carbonyl (C=O) groups excluding carboxylic acids is 1. The third kappa shape index (κ3) is 1.77. The van der Waals surface area contributed by atoms with Crippen LogP contribution >= 0.6 is 0 Å². The zero-order valence-electron chi connectivity index (χ0n) is 8.78. The molecule has 14 heavy (non-hydrogen) atoms. The Morgan fingerprint density at radius 2 is 2.14 bits per heavy atom. The highest BCUT2D eigenvalue weighted by Gasteiger charge is 2.44. The van der Waals surface area contributed by atoms with Gasteiger partial charge in [0.1, 0.15) is 12.2 Å². The molecule has 0 bridgehead atoms. The van der Waals surface area contributed by atoms with Crippen LogP contribution in [0.25, 0.3) is 0 Å². The summed E-state index contributed by atoms with van der Waals surface area (Å²) in [7, 11) is 0. The van der Waals surface area contributed by atoms with E-state index in [9.17, 15) is 4.79 Å². The summed E-state index contributed by atoms with van der Waals surface area (Å²) < 4.78 is 16.3. The summed E-state index contributed by atoms with van der Waals surface area (Å²) in [6, 6.07) is 0. The topological polar surface area (TPSA) is 44.8 Å². The highest BCUT2D eigenvalue weighted by Crippen LogP contribution is 2.32. The molecule has 0 aromatic rings. The number of esters is 1. The molecule has 0 N–H and O–H groups in total. The molecular weight excluding hydrogens is 184 g/mol. The fraction of sp³-hybridized carbons (Fsp3) is 0.900. The van der Waals surface area contributed by atoms with Crippen molar-refractivity contribution in [3.63, 3.8) is 0 Å². The van der Waals surface area contributed by atoms with Crippen LogP contribution in [0.4, 0.5) is 0 Å². The van der Waals surface area contributed by atoms with Crippen molar-refractivity contribution in [2.45, 2.75) is 45.2 Å². The Balaban J connectivity index is 2.00. The summed E-state index contributed by atoms with van der Waals surface area (Å²) in [4.78, 5) is 11.1. The summed E-state index contributed by atoms with van der Waals surface area (Å²) in [6.07, 6.45) is 0.251. The smallest absolute Gasteiger partial charge is 0.306 e. The van der Waals surface area contributed by atoms with Gasteiger partial charge in [0.2, 0.25) is 0 Å². The Morgan fingerprint density at radius 3 is 2.57 bits per heavy atom. The second-order valence-corrected chi connectivity index (χ2v) is 4.50. The van der Waals surface area contributed by atoms with Crippen LogP contribution in [-0.4, -0.2) is 30.6 Å². The molecule has 0 unspecified atom stereocenters. The van der Waals surface area contributed by atoms with Crippen LogP contribution < -0.4 is 0 Å². The lowest BCUT2D eigenvalue weighted by molar-refractivity contribution is -0.163. The predicted molar refractivity (Wildman–Crippen MR) is 48.6 cm³/mol. The van der Waals surface area contributed by atoms with Gasteiger partial charge in [-0.25, -0.2) is 0 Å². The van der Waals surface area contributed by atoms with Crippen LogP contribution in [0.2, 0.25) is 0 Å². The van der Waals surface area contributed by atoms with Crippen LogP contribution in [-0.2, 0) is 19.0 Å². The molecule has 0 amide bonds. The molecule has 2 aliphatic heterocycles. The minimum atomic E-state index is -0.542. The standard InChI is InChI=1S/C10H16O4/c1-6-4-8(11)13-9(6)7-5-12-10(2,3)14-7/h6-7,9H,4-5H2,1-3H3/t6-,7-,9-/m0/s1. The summed E-state index contributed by atoms with van der Waals surface area (Å²) in [6.45, 7) is 6.25. The van der Waals surface area contributed by atoms with Gasteiger partial charge in [-0.1, -0.05) is 6.92 Å². The number of rotatable bonds is 1. The van der Waals surface area contributed by atoms with Gasteiger partial charge in [-0.3, -0.25) is 4.79 Å². The quantitative estimate of drug-likeness (QED) is 0.594. The van der Waals surface area contributed by atoms with E-state index in [1.807, 2.05) is 20.8 Å². The van der Waals surface area contributed by atoms with Crippen molar-refractivity contribution in [1.29, 1.82) is 0 Å². The Morgan fingerprint density at radius 1 is 1.43 bits per heavy atom. The van der Waals surface area contributed by atoms with Gasteiger partial charge >= 0.3 is 5.97 Å². The van der Waals surface area contributed by atoms with Gasteiger partial charge in [0, 0.05) is 5.92 Å². The molecule has 4 heteroatoms. The Labute approximate surface area is 83.5 Å². The first-order chi connectivity index (χ1) is 6.48. The van der Waals surface area contributed by atoms with Gasteiger partial charge < -0.3 is 14.2 Å². The van der Waals surface area contributed by atoms with Crippen molar-refractivity contribution in [2.24, 2.45) is 5.92 Å². The van der Waals surface area contributed by atoms with Gasteiger partial charge in [-0.2, -0.15) is 0 Å². The lowest BCUT2D eigenvalue weighted by Gasteiger charge is -2.22. The van der Waals surface area contributed by atoms with Crippen LogP contribution in [0.15, 0.2) is 0 Å². The average molecular weight is 200 g/mol. The van der Waals surface area contributed by atoms with Crippen molar-refractivity contribution in [3.05, 3.63) is 0 Å².